The highest BCUT2D eigenvalue weighted by Gasteiger charge is 2.25. The third kappa shape index (κ3) is 3.66. The lowest BCUT2D eigenvalue weighted by Crippen LogP contribution is -2.10. The van der Waals surface area contributed by atoms with Crippen molar-refractivity contribution in [3.05, 3.63) is 69.6 Å². The maximum absolute atomic E-state index is 6.48. The number of ether oxygens (including phenoxy) is 1. The van der Waals surface area contributed by atoms with Gasteiger partial charge in [0.05, 0.1) is 17.2 Å². The van der Waals surface area contributed by atoms with Crippen LogP contribution in [-0.4, -0.2) is 25.4 Å². The van der Waals surface area contributed by atoms with Gasteiger partial charge in [0.2, 0.25) is 0 Å². The molecular weight excluding hydrogens is 333 g/mol. The first-order valence-electron chi connectivity index (χ1n) is 6.89. The summed E-state index contributed by atoms with van der Waals surface area (Å²) in [5.41, 5.74) is 8.30. The zero-order valence-corrected chi connectivity index (χ0v) is 14.3. The molecule has 0 bridgehead atoms. The number of benzene rings is 1. The molecule has 0 fully saturated rings. The highest BCUT2D eigenvalue weighted by atomic mass is 35.5. The van der Waals surface area contributed by atoms with Gasteiger partial charge in [-0.25, -0.2) is 0 Å². The summed E-state index contributed by atoms with van der Waals surface area (Å²) in [6, 6.07) is 7.28. The molecular formula is C17H17Cl2N3O. The van der Waals surface area contributed by atoms with Gasteiger partial charge in [0, 0.05) is 37.1 Å². The Balaban J connectivity index is 2.76. The molecule has 0 amide bonds. The minimum Gasteiger partial charge on any atom is -0.496 e. The van der Waals surface area contributed by atoms with Gasteiger partial charge in [-0.3, -0.25) is 9.98 Å². The summed E-state index contributed by atoms with van der Waals surface area (Å²) in [7, 11) is 3.27. The summed E-state index contributed by atoms with van der Waals surface area (Å²) in [4.78, 5) is 8.14. The monoisotopic (exact) mass is 349 g/mol. The van der Waals surface area contributed by atoms with E-state index < -0.39 is 0 Å². The number of aromatic nitrogens is 1. The summed E-state index contributed by atoms with van der Waals surface area (Å²) >= 11 is 12.7. The first kappa shape index (κ1) is 17.3. The Labute approximate surface area is 145 Å². The van der Waals surface area contributed by atoms with Crippen LogP contribution < -0.4 is 10.5 Å². The lowest BCUT2D eigenvalue weighted by Gasteiger charge is -2.23. The van der Waals surface area contributed by atoms with Crippen LogP contribution >= 0.6 is 23.2 Å². The van der Waals surface area contributed by atoms with E-state index in [-0.39, 0.29) is 5.92 Å². The van der Waals surface area contributed by atoms with Crippen LogP contribution in [0.1, 0.15) is 17.0 Å². The van der Waals surface area contributed by atoms with Gasteiger partial charge in [0.15, 0.2) is 0 Å². The van der Waals surface area contributed by atoms with Gasteiger partial charge < -0.3 is 10.5 Å². The van der Waals surface area contributed by atoms with E-state index in [2.05, 4.69) is 9.98 Å². The Hall–Kier alpha value is -2.04. The molecule has 0 spiro atoms. The average Bonchev–Trinajstić information content (AvgIpc) is 2.59. The fourth-order valence-electron chi connectivity index (χ4n) is 2.44. The van der Waals surface area contributed by atoms with Crippen molar-refractivity contribution >= 4 is 29.4 Å². The van der Waals surface area contributed by atoms with Crippen molar-refractivity contribution in [2.24, 2.45) is 10.7 Å². The Morgan fingerprint density at radius 2 is 1.96 bits per heavy atom. The molecule has 2 aromatic rings. The van der Waals surface area contributed by atoms with Crippen LogP contribution in [0.4, 0.5) is 0 Å². The van der Waals surface area contributed by atoms with Crippen LogP contribution in [0.3, 0.4) is 0 Å². The molecule has 120 valence electrons. The molecule has 1 unspecified atom stereocenters. The van der Waals surface area contributed by atoms with Crippen molar-refractivity contribution in [1.82, 2.24) is 4.98 Å². The van der Waals surface area contributed by atoms with Gasteiger partial charge in [-0.05, 0) is 41.6 Å². The van der Waals surface area contributed by atoms with Crippen molar-refractivity contribution < 1.29 is 4.74 Å². The smallest absolute Gasteiger partial charge is 0.124 e. The third-order valence-corrected chi connectivity index (χ3v) is 4.26. The number of rotatable bonds is 5. The van der Waals surface area contributed by atoms with E-state index in [1.165, 1.54) is 6.20 Å². The lowest BCUT2D eigenvalue weighted by molar-refractivity contribution is 0.409. The van der Waals surface area contributed by atoms with Gasteiger partial charge in [-0.15, -0.1) is 0 Å². The molecule has 23 heavy (non-hydrogen) atoms. The molecule has 1 aromatic carbocycles. The van der Waals surface area contributed by atoms with E-state index in [9.17, 15) is 0 Å². The third-order valence-electron chi connectivity index (χ3n) is 3.44. The molecule has 6 heteroatoms. The quantitative estimate of drug-likeness (QED) is 0.827. The van der Waals surface area contributed by atoms with E-state index in [1.807, 2.05) is 12.1 Å². The fraction of sp³-hybridized carbons (Fsp3) is 0.176. The summed E-state index contributed by atoms with van der Waals surface area (Å²) in [5.74, 6) is 0.359. The molecule has 1 atom stereocenters. The van der Waals surface area contributed by atoms with Crippen molar-refractivity contribution in [2.45, 2.75) is 5.92 Å². The number of halogens is 2. The van der Waals surface area contributed by atoms with Crippen molar-refractivity contribution in [3.8, 4) is 5.75 Å². The van der Waals surface area contributed by atoms with Crippen LogP contribution in [0.15, 0.2) is 53.4 Å². The molecule has 2 rings (SSSR count). The molecule has 0 aliphatic heterocycles. The number of hydrogen-bond acceptors (Lipinski definition) is 4. The van der Waals surface area contributed by atoms with E-state index >= 15 is 0 Å². The van der Waals surface area contributed by atoms with Crippen molar-refractivity contribution in [3.63, 3.8) is 0 Å². The Kier molecular flexibility index (Phi) is 6.02. The Bertz CT molecular complexity index is 730. The van der Waals surface area contributed by atoms with Crippen LogP contribution in [0.25, 0.3) is 0 Å². The second kappa shape index (κ2) is 7.99. The first-order valence-corrected chi connectivity index (χ1v) is 7.65. The highest BCUT2D eigenvalue weighted by Crippen LogP contribution is 2.43. The Morgan fingerprint density at radius 3 is 2.52 bits per heavy atom. The zero-order chi connectivity index (χ0) is 16.8. The van der Waals surface area contributed by atoms with Gasteiger partial charge >= 0.3 is 0 Å². The Morgan fingerprint density at radius 1 is 1.26 bits per heavy atom. The number of nitrogens with zero attached hydrogens (tertiary/aromatic N) is 2. The molecule has 4 nitrogen and oxygen atoms in total. The number of methoxy groups -OCH3 is 1. The standard InChI is InChI=1S/C17H17Cl2N3O/c1-21-10-12(9-20)15(11-5-7-22-8-6-11)16-14(23-2)4-3-13(18)17(16)19/h3-10,15H,20H2,1-2H3/b12-9+,21-10?. The van der Waals surface area contributed by atoms with Crippen LogP contribution in [-0.2, 0) is 0 Å². The average molecular weight is 350 g/mol. The molecule has 0 aliphatic carbocycles. The predicted molar refractivity (Wildman–Crippen MR) is 95.8 cm³/mol. The molecule has 0 saturated heterocycles. The summed E-state index contributed by atoms with van der Waals surface area (Å²) in [5, 5.41) is 0.878. The predicted octanol–water partition coefficient (Wildman–Crippen LogP) is 4.07. The van der Waals surface area contributed by atoms with E-state index in [0.717, 1.165) is 16.7 Å². The van der Waals surface area contributed by atoms with Crippen molar-refractivity contribution in [2.75, 3.05) is 14.2 Å². The topological polar surface area (TPSA) is 60.5 Å². The second-order valence-corrected chi connectivity index (χ2v) is 5.53. The molecule has 0 radical (unpaired) electrons. The van der Waals surface area contributed by atoms with Crippen LogP contribution in [0.5, 0.6) is 5.75 Å². The minimum absolute atomic E-state index is 0.271. The van der Waals surface area contributed by atoms with E-state index in [0.29, 0.717) is 15.8 Å². The fourth-order valence-corrected chi connectivity index (χ4v) is 2.87. The van der Waals surface area contributed by atoms with Crippen molar-refractivity contribution in [1.29, 1.82) is 0 Å². The number of allylic oxidation sites excluding steroid dienone is 1. The molecule has 0 aliphatic rings. The molecule has 2 N–H and O–H groups in total. The lowest BCUT2D eigenvalue weighted by atomic mass is 9.85. The molecule has 1 aromatic heterocycles. The SMILES string of the molecule is CN=C/C(=C\N)C(c1ccncc1)c1c(OC)ccc(Cl)c1Cl. The molecule has 1 heterocycles. The summed E-state index contributed by atoms with van der Waals surface area (Å²) in [6.45, 7) is 0. The summed E-state index contributed by atoms with van der Waals surface area (Å²) in [6.07, 6.45) is 6.63. The van der Waals surface area contributed by atoms with Gasteiger partial charge in [0.1, 0.15) is 5.75 Å². The zero-order valence-electron chi connectivity index (χ0n) is 12.8. The second-order valence-electron chi connectivity index (χ2n) is 4.74. The van der Waals surface area contributed by atoms with Gasteiger partial charge in [-0.1, -0.05) is 23.2 Å². The van der Waals surface area contributed by atoms with E-state index in [4.69, 9.17) is 33.7 Å². The highest BCUT2D eigenvalue weighted by molar-refractivity contribution is 6.42. The number of nitrogens with two attached hydrogens (primary N) is 1. The normalized spacial score (nSPS) is 13.3. The number of hydrogen-bond donors (Lipinski definition) is 1. The minimum atomic E-state index is -0.271. The largest absolute Gasteiger partial charge is 0.496 e. The summed E-state index contributed by atoms with van der Waals surface area (Å²) < 4.78 is 5.49. The number of pyridine rings is 1. The van der Waals surface area contributed by atoms with Gasteiger partial charge in [0.25, 0.3) is 0 Å². The van der Waals surface area contributed by atoms with Gasteiger partial charge in [-0.2, -0.15) is 0 Å². The first-order chi connectivity index (χ1) is 11.1. The maximum atomic E-state index is 6.48. The number of aliphatic imine (C=N–C) groups is 1. The van der Waals surface area contributed by atoms with Crippen LogP contribution in [0, 0.1) is 0 Å². The maximum Gasteiger partial charge on any atom is 0.124 e. The van der Waals surface area contributed by atoms with E-state index in [1.54, 1.807) is 44.9 Å². The van der Waals surface area contributed by atoms with Crippen LogP contribution in [0.2, 0.25) is 10.0 Å². The molecule has 0 saturated carbocycles.